The summed E-state index contributed by atoms with van der Waals surface area (Å²) in [5, 5.41) is 15.3. The fraction of sp³-hybridized carbons (Fsp3) is 0.714. The van der Waals surface area contributed by atoms with Gasteiger partial charge in [-0.05, 0) is 51.2 Å². The molecule has 0 radical (unpaired) electrons. The molecular weight excluding hydrogens is 258 g/mol. The van der Waals surface area contributed by atoms with Crippen LogP contribution in [0.2, 0.25) is 0 Å². The lowest BCUT2D eigenvalue weighted by molar-refractivity contribution is 0.0926. The normalized spacial score (nSPS) is 17.2. The molecule has 1 aliphatic rings. The lowest BCUT2D eigenvalue weighted by atomic mass is 9.96. The third kappa shape index (κ3) is 4.61. The Morgan fingerprint density at radius 1 is 1.45 bits per heavy atom. The molecule has 0 atom stereocenters. The summed E-state index contributed by atoms with van der Waals surface area (Å²) < 4.78 is 4.65. The summed E-state index contributed by atoms with van der Waals surface area (Å²) in [6.07, 6.45) is 5.56. The molecule has 112 valence electrons. The molecule has 6 nitrogen and oxygen atoms in total. The molecule has 1 aromatic rings. The number of unbranched alkanes of at least 4 members (excludes halogenated alkanes) is 1. The minimum atomic E-state index is -0.163. The van der Waals surface area contributed by atoms with Crippen molar-refractivity contribution < 1.29 is 14.4 Å². The van der Waals surface area contributed by atoms with Crippen LogP contribution >= 0.6 is 0 Å². The number of aliphatic hydroxyl groups excluding tert-OH is 1. The number of hydrogen-bond donors (Lipinski definition) is 2. The molecule has 2 rings (SSSR count). The van der Waals surface area contributed by atoms with Crippen LogP contribution in [0.15, 0.2) is 16.9 Å². The van der Waals surface area contributed by atoms with Crippen molar-refractivity contribution in [2.24, 2.45) is 5.92 Å². The molecule has 6 heteroatoms. The number of aromatic nitrogens is 1. The highest BCUT2D eigenvalue weighted by Gasteiger charge is 2.19. The number of rotatable bonds is 7. The first kappa shape index (κ1) is 15.0. The number of piperidine rings is 1. The Kier molecular flexibility index (Phi) is 6.01. The smallest absolute Gasteiger partial charge is 0.273 e. The summed E-state index contributed by atoms with van der Waals surface area (Å²) in [6.45, 7) is 4.21. The number of nitrogens with one attached hydrogen (secondary N) is 1. The van der Waals surface area contributed by atoms with Gasteiger partial charge in [0.1, 0.15) is 6.26 Å². The van der Waals surface area contributed by atoms with Crippen LogP contribution in [0, 0.1) is 5.92 Å². The van der Waals surface area contributed by atoms with Gasteiger partial charge in [-0.15, -0.1) is 0 Å². The topological polar surface area (TPSA) is 78.6 Å². The second-order valence-corrected chi connectivity index (χ2v) is 5.31. The number of carbonyl (C=O) groups is 1. The van der Waals surface area contributed by atoms with Gasteiger partial charge in [0, 0.05) is 19.2 Å². The van der Waals surface area contributed by atoms with Crippen LogP contribution in [0.25, 0.3) is 0 Å². The Bertz CT molecular complexity index is 386. The first-order valence-electron chi connectivity index (χ1n) is 7.31. The Balaban J connectivity index is 1.61. The average Bonchev–Trinajstić information content (AvgIpc) is 3.01. The third-order valence-corrected chi connectivity index (χ3v) is 3.81. The SMILES string of the molecule is O=C(NCC1CCN(CCCCO)CC1)c1ccon1. The van der Waals surface area contributed by atoms with Crippen LogP contribution in [-0.2, 0) is 0 Å². The maximum absolute atomic E-state index is 11.7. The van der Waals surface area contributed by atoms with Gasteiger partial charge < -0.3 is 19.8 Å². The zero-order valence-corrected chi connectivity index (χ0v) is 11.8. The van der Waals surface area contributed by atoms with Crippen LogP contribution in [0.3, 0.4) is 0 Å². The lowest BCUT2D eigenvalue weighted by Crippen LogP contribution is -2.39. The molecule has 0 unspecified atom stereocenters. The van der Waals surface area contributed by atoms with E-state index in [0.717, 1.165) is 45.3 Å². The van der Waals surface area contributed by atoms with Gasteiger partial charge in [-0.25, -0.2) is 0 Å². The van der Waals surface area contributed by atoms with E-state index in [1.807, 2.05) is 0 Å². The van der Waals surface area contributed by atoms with E-state index in [-0.39, 0.29) is 12.5 Å². The number of nitrogens with zero attached hydrogens (tertiary/aromatic N) is 2. The number of amides is 1. The quantitative estimate of drug-likeness (QED) is 0.726. The molecule has 0 aliphatic carbocycles. The molecule has 20 heavy (non-hydrogen) atoms. The van der Waals surface area contributed by atoms with Crippen molar-refractivity contribution in [1.29, 1.82) is 0 Å². The van der Waals surface area contributed by atoms with Gasteiger partial charge in [0.15, 0.2) is 5.69 Å². The molecule has 1 aliphatic heterocycles. The highest BCUT2D eigenvalue weighted by atomic mass is 16.5. The monoisotopic (exact) mass is 281 g/mol. The Morgan fingerprint density at radius 2 is 2.25 bits per heavy atom. The minimum Gasteiger partial charge on any atom is -0.396 e. The molecule has 2 heterocycles. The van der Waals surface area contributed by atoms with E-state index in [1.54, 1.807) is 6.07 Å². The molecule has 0 saturated carbocycles. The van der Waals surface area contributed by atoms with E-state index in [0.29, 0.717) is 18.2 Å². The number of likely N-dealkylation sites (tertiary alicyclic amines) is 1. The number of hydrogen-bond acceptors (Lipinski definition) is 5. The molecule has 1 fully saturated rings. The van der Waals surface area contributed by atoms with Crippen LogP contribution in [0.1, 0.15) is 36.2 Å². The van der Waals surface area contributed by atoms with Gasteiger partial charge in [-0.1, -0.05) is 5.16 Å². The van der Waals surface area contributed by atoms with Gasteiger partial charge in [-0.3, -0.25) is 4.79 Å². The lowest BCUT2D eigenvalue weighted by Gasteiger charge is -2.31. The standard InChI is InChI=1S/C14H23N3O3/c18-9-2-1-6-17-7-3-12(4-8-17)11-15-14(19)13-5-10-20-16-13/h5,10,12,18H,1-4,6-9,11H2,(H,15,19). The molecule has 1 saturated heterocycles. The van der Waals surface area contributed by atoms with Crippen molar-refractivity contribution in [3.63, 3.8) is 0 Å². The summed E-state index contributed by atoms with van der Waals surface area (Å²) >= 11 is 0. The summed E-state index contributed by atoms with van der Waals surface area (Å²) in [4.78, 5) is 14.2. The van der Waals surface area contributed by atoms with Gasteiger partial charge in [0.2, 0.25) is 0 Å². The Morgan fingerprint density at radius 3 is 2.90 bits per heavy atom. The Hall–Kier alpha value is -1.40. The fourth-order valence-electron chi connectivity index (χ4n) is 2.52. The molecule has 1 amide bonds. The first-order chi connectivity index (χ1) is 9.79. The summed E-state index contributed by atoms with van der Waals surface area (Å²) in [6, 6.07) is 1.57. The van der Waals surface area contributed by atoms with E-state index in [2.05, 4.69) is 19.9 Å². The predicted octanol–water partition coefficient (Wildman–Crippen LogP) is 0.889. The van der Waals surface area contributed by atoms with Crippen LogP contribution in [-0.4, -0.2) is 53.9 Å². The van der Waals surface area contributed by atoms with E-state index < -0.39 is 0 Å². The van der Waals surface area contributed by atoms with Crippen molar-refractivity contribution in [1.82, 2.24) is 15.4 Å². The van der Waals surface area contributed by atoms with Gasteiger partial charge in [-0.2, -0.15) is 0 Å². The number of aliphatic hydroxyl groups is 1. The van der Waals surface area contributed by atoms with Crippen molar-refractivity contribution in [2.75, 3.05) is 32.8 Å². The highest BCUT2D eigenvalue weighted by molar-refractivity contribution is 5.91. The second kappa shape index (κ2) is 8.01. The maximum Gasteiger partial charge on any atom is 0.273 e. The summed E-state index contributed by atoms with van der Waals surface area (Å²) in [5.41, 5.74) is 0.339. The van der Waals surface area contributed by atoms with Crippen LogP contribution < -0.4 is 5.32 Å². The summed E-state index contributed by atoms with van der Waals surface area (Å²) in [5.74, 6) is 0.379. The first-order valence-corrected chi connectivity index (χ1v) is 7.31. The zero-order chi connectivity index (χ0) is 14.2. The van der Waals surface area contributed by atoms with Crippen molar-refractivity contribution in [3.05, 3.63) is 18.0 Å². The number of carbonyl (C=O) groups excluding carboxylic acids is 1. The van der Waals surface area contributed by atoms with Crippen molar-refractivity contribution in [3.8, 4) is 0 Å². The zero-order valence-electron chi connectivity index (χ0n) is 11.8. The minimum absolute atomic E-state index is 0.163. The third-order valence-electron chi connectivity index (χ3n) is 3.81. The Labute approximate surface area is 119 Å². The molecule has 2 N–H and O–H groups in total. The molecule has 0 aromatic carbocycles. The summed E-state index contributed by atoms with van der Waals surface area (Å²) in [7, 11) is 0. The van der Waals surface area contributed by atoms with Crippen molar-refractivity contribution in [2.45, 2.75) is 25.7 Å². The molecule has 0 bridgehead atoms. The van der Waals surface area contributed by atoms with E-state index in [1.165, 1.54) is 6.26 Å². The van der Waals surface area contributed by atoms with Crippen LogP contribution in [0.4, 0.5) is 0 Å². The van der Waals surface area contributed by atoms with Gasteiger partial charge >= 0.3 is 0 Å². The molecule has 1 aromatic heterocycles. The van der Waals surface area contributed by atoms with Gasteiger partial charge in [0.25, 0.3) is 5.91 Å². The fourth-order valence-corrected chi connectivity index (χ4v) is 2.52. The predicted molar refractivity (Wildman–Crippen MR) is 74.3 cm³/mol. The van der Waals surface area contributed by atoms with Crippen LogP contribution in [0.5, 0.6) is 0 Å². The van der Waals surface area contributed by atoms with Crippen molar-refractivity contribution >= 4 is 5.91 Å². The van der Waals surface area contributed by atoms with E-state index in [9.17, 15) is 4.79 Å². The second-order valence-electron chi connectivity index (χ2n) is 5.31. The molecule has 0 spiro atoms. The average molecular weight is 281 g/mol. The van der Waals surface area contributed by atoms with E-state index >= 15 is 0 Å². The largest absolute Gasteiger partial charge is 0.396 e. The highest BCUT2D eigenvalue weighted by Crippen LogP contribution is 2.16. The van der Waals surface area contributed by atoms with Gasteiger partial charge in [0.05, 0.1) is 0 Å². The maximum atomic E-state index is 11.7. The van der Waals surface area contributed by atoms with E-state index in [4.69, 9.17) is 5.11 Å². The molecular formula is C14H23N3O3.